The fourth-order valence-corrected chi connectivity index (χ4v) is 13.4. The Labute approximate surface area is 385 Å². The lowest BCUT2D eigenvalue weighted by molar-refractivity contribution is 0.509. The minimum Gasteiger partial charge on any atom is -0.316 e. The molecule has 0 fully saturated rings. The summed E-state index contributed by atoms with van der Waals surface area (Å²) in [6.45, 7) is 0. The topological polar surface area (TPSA) is 46.6 Å². The number of aliphatic imine (C=N–C) groups is 2. The van der Waals surface area contributed by atoms with Crippen molar-refractivity contribution in [3.05, 3.63) is 206 Å². The van der Waals surface area contributed by atoms with Crippen molar-refractivity contribution >= 4 is 140 Å². The number of para-hydroxylation sites is 2. The molecule has 308 valence electrons. The third kappa shape index (κ3) is 5.09. The third-order valence-corrected chi connectivity index (χ3v) is 16.2. The Morgan fingerprint density at radius 3 is 1.56 bits per heavy atom. The Hall–Kier alpha value is -8.10. The molecule has 0 spiro atoms. The van der Waals surface area contributed by atoms with Crippen LogP contribution in [-0.2, 0) is 0 Å². The third-order valence-electron chi connectivity index (χ3n) is 13.8. The first kappa shape index (κ1) is 36.3. The number of amidine groups is 1. The van der Waals surface area contributed by atoms with Gasteiger partial charge in [-0.15, -0.1) is 22.7 Å². The molecular formula is C59H35N5S2. The summed E-state index contributed by atoms with van der Waals surface area (Å²) in [5.74, 6) is 1.40. The Balaban J connectivity index is 0.976. The van der Waals surface area contributed by atoms with Crippen LogP contribution in [0.3, 0.4) is 0 Å². The van der Waals surface area contributed by atoms with Gasteiger partial charge in [-0.1, -0.05) is 158 Å². The van der Waals surface area contributed by atoms with Crippen LogP contribution in [0, 0.1) is 0 Å². The van der Waals surface area contributed by atoms with Gasteiger partial charge in [-0.2, -0.15) is 4.99 Å². The van der Waals surface area contributed by atoms with E-state index in [4.69, 9.17) is 9.98 Å². The maximum Gasteiger partial charge on any atom is 0.213 e. The highest BCUT2D eigenvalue weighted by Crippen LogP contribution is 2.45. The smallest absolute Gasteiger partial charge is 0.213 e. The van der Waals surface area contributed by atoms with E-state index < -0.39 is 6.29 Å². The standard InChI is InChI=1S/C59H35N5S2/c1-3-15-38-36(13-1)33-37-14-2-4-16-39(37)52(38)34-25-27-35(28-26-34)57-60-58(63-46-21-9-5-19-44(46)53-48(63)31-29-42-40-17-7-11-23-50(40)65-55(42)53)62-59(61-57)64-47-22-10-6-20-45(47)54-49(64)32-30-43-41-18-8-12-24-51(41)66-56(43)54/h1-33,58H,(H,60,61,62). The normalized spacial score (nSPS) is 14.5. The Kier molecular flexibility index (Phi) is 7.53. The first-order valence-electron chi connectivity index (χ1n) is 22.3. The van der Waals surface area contributed by atoms with Gasteiger partial charge < -0.3 is 9.88 Å². The maximum absolute atomic E-state index is 5.59. The van der Waals surface area contributed by atoms with E-state index in [0.717, 1.165) is 39.2 Å². The number of rotatable bonds is 3. The summed E-state index contributed by atoms with van der Waals surface area (Å²) in [4.78, 5) is 11.1. The molecule has 1 unspecified atom stereocenters. The molecule has 1 N–H and O–H groups in total. The largest absolute Gasteiger partial charge is 0.316 e. The second kappa shape index (κ2) is 13.7. The van der Waals surface area contributed by atoms with Crippen LogP contribution < -0.4 is 5.32 Å². The molecule has 7 heteroatoms. The molecule has 0 saturated carbocycles. The van der Waals surface area contributed by atoms with Crippen LogP contribution in [0.25, 0.3) is 117 Å². The van der Waals surface area contributed by atoms with E-state index in [2.05, 4.69) is 215 Å². The van der Waals surface area contributed by atoms with Gasteiger partial charge in [0.2, 0.25) is 12.2 Å². The fraction of sp³-hybridized carbons (Fsp3) is 0.0169. The lowest BCUT2D eigenvalue weighted by atomic mass is 9.91. The monoisotopic (exact) mass is 877 g/mol. The fourth-order valence-electron chi connectivity index (χ4n) is 10.9. The molecule has 14 aromatic rings. The van der Waals surface area contributed by atoms with E-state index >= 15 is 0 Å². The summed E-state index contributed by atoms with van der Waals surface area (Å²) in [6, 6.07) is 72.8. The lowest BCUT2D eigenvalue weighted by Crippen LogP contribution is -2.39. The van der Waals surface area contributed by atoms with Crippen LogP contribution in [0.4, 0.5) is 0 Å². The summed E-state index contributed by atoms with van der Waals surface area (Å²) in [5, 5.41) is 18.9. The summed E-state index contributed by atoms with van der Waals surface area (Å²) in [5.41, 5.74) is 7.79. The number of aromatic nitrogens is 2. The SMILES string of the molecule is c1ccc2c(-c3ccc(C4=NC(n5c6ccccc6c6c7sc8ccccc8c7ccc65)NC(n5c6ccccc6c6c7sc8ccccc8c7ccc65)=N4)cc3)c3ccccc3cc2c1. The van der Waals surface area contributed by atoms with E-state index in [-0.39, 0.29) is 0 Å². The molecule has 5 nitrogen and oxygen atoms in total. The first-order valence-corrected chi connectivity index (χ1v) is 24.0. The van der Waals surface area contributed by atoms with Crippen molar-refractivity contribution in [2.24, 2.45) is 9.98 Å². The van der Waals surface area contributed by atoms with Gasteiger partial charge in [0, 0.05) is 67.5 Å². The van der Waals surface area contributed by atoms with Crippen LogP contribution in [0.1, 0.15) is 11.9 Å². The summed E-state index contributed by atoms with van der Waals surface area (Å²) >= 11 is 3.74. The van der Waals surface area contributed by atoms with Crippen molar-refractivity contribution in [2.75, 3.05) is 0 Å². The van der Waals surface area contributed by atoms with Gasteiger partial charge in [-0.3, -0.25) is 4.57 Å². The highest BCUT2D eigenvalue weighted by molar-refractivity contribution is 7.27. The summed E-state index contributed by atoms with van der Waals surface area (Å²) in [7, 11) is 0. The zero-order valence-electron chi connectivity index (χ0n) is 35.2. The van der Waals surface area contributed by atoms with E-state index in [0.29, 0.717) is 5.84 Å². The molecule has 1 aliphatic heterocycles. The molecule has 0 saturated heterocycles. The Bertz CT molecular complexity index is 4390. The van der Waals surface area contributed by atoms with Crippen LogP contribution in [0.5, 0.6) is 0 Å². The highest BCUT2D eigenvalue weighted by atomic mass is 32.1. The summed E-state index contributed by atoms with van der Waals surface area (Å²) < 4.78 is 9.88. The van der Waals surface area contributed by atoms with E-state index in [1.807, 2.05) is 22.7 Å². The van der Waals surface area contributed by atoms with Gasteiger partial charge in [-0.05, 0) is 75.1 Å². The number of thiophene rings is 2. The molecule has 5 heterocycles. The van der Waals surface area contributed by atoms with Gasteiger partial charge in [0.05, 0.1) is 22.1 Å². The number of fused-ring (bicyclic) bond motifs is 16. The zero-order chi connectivity index (χ0) is 43.0. The predicted molar refractivity (Wildman–Crippen MR) is 283 cm³/mol. The van der Waals surface area contributed by atoms with Crippen molar-refractivity contribution < 1.29 is 0 Å². The Morgan fingerprint density at radius 1 is 0.409 bits per heavy atom. The van der Waals surface area contributed by atoms with Crippen LogP contribution in [0.15, 0.2) is 210 Å². The van der Waals surface area contributed by atoms with Gasteiger partial charge in [0.25, 0.3) is 0 Å². The van der Waals surface area contributed by atoms with E-state index in [1.165, 1.54) is 89.0 Å². The van der Waals surface area contributed by atoms with Gasteiger partial charge >= 0.3 is 0 Å². The van der Waals surface area contributed by atoms with Gasteiger partial charge in [0.15, 0.2) is 5.84 Å². The summed E-state index contributed by atoms with van der Waals surface area (Å²) in [6.07, 6.45) is -0.521. The molecule has 4 aromatic heterocycles. The van der Waals surface area contributed by atoms with Crippen LogP contribution >= 0.6 is 22.7 Å². The molecule has 1 aliphatic rings. The van der Waals surface area contributed by atoms with Gasteiger partial charge in [-0.25, -0.2) is 4.99 Å². The minimum absolute atomic E-state index is 0.521. The van der Waals surface area contributed by atoms with Crippen molar-refractivity contribution in [1.29, 1.82) is 0 Å². The number of nitrogens with zero attached hydrogens (tertiary/aromatic N) is 4. The number of hydrogen-bond acceptors (Lipinski definition) is 5. The molecule has 0 radical (unpaired) electrons. The average molecular weight is 878 g/mol. The number of hydrogen-bond donors (Lipinski definition) is 1. The van der Waals surface area contributed by atoms with Gasteiger partial charge in [0.1, 0.15) is 0 Å². The number of benzene rings is 10. The van der Waals surface area contributed by atoms with Crippen molar-refractivity contribution in [2.45, 2.75) is 6.29 Å². The molecule has 0 amide bonds. The quantitative estimate of drug-likeness (QED) is 0.177. The molecule has 10 aromatic carbocycles. The molecule has 15 rings (SSSR count). The van der Waals surface area contributed by atoms with Crippen molar-refractivity contribution in [1.82, 2.24) is 14.5 Å². The van der Waals surface area contributed by atoms with Crippen LogP contribution in [0.2, 0.25) is 0 Å². The van der Waals surface area contributed by atoms with Crippen molar-refractivity contribution in [3.8, 4) is 11.1 Å². The lowest BCUT2D eigenvalue weighted by Gasteiger charge is -2.26. The predicted octanol–water partition coefficient (Wildman–Crippen LogP) is 16.0. The number of nitrogens with one attached hydrogen (secondary N) is 1. The minimum atomic E-state index is -0.521. The molecule has 0 bridgehead atoms. The van der Waals surface area contributed by atoms with Crippen molar-refractivity contribution in [3.63, 3.8) is 0 Å². The molecule has 66 heavy (non-hydrogen) atoms. The first-order chi connectivity index (χ1) is 32.7. The van der Waals surface area contributed by atoms with E-state index in [1.54, 1.807) is 0 Å². The maximum atomic E-state index is 5.59. The van der Waals surface area contributed by atoms with E-state index in [9.17, 15) is 0 Å². The Morgan fingerprint density at radius 2 is 0.909 bits per heavy atom. The van der Waals surface area contributed by atoms with Crippen LogP contribution in [-0.4, -0.2) is 20.9 Å². The zero-order valence-corrected chi connectivity index (χ0v) is 36.9. The molecule has 1 atom stereocenters. The highest BCUT2D eigenvalue weighted by Gasteiger charge is 2.28. The average Bonchev–Trinajstić information content (AvgIpc) is 4.13. The second-order valence-corrected chi connectivity index (χ2v) is 19.4. The molecule has 0 aliphatic carbocycles. The molecular weight excluding hydrogens is 843 g/mol. The second-order valence-electron chi connectivity index (χ2n) is 17.3.